The molecule has 0 radical (unpaired) electrons. The maximum absolute atomic E-state index is 12.1. The van der Waals surface area contributed by atoms with Crippen molar-refractivity contribution >= 4 is 11.9 Å². The van der Waals surface area contributed by atoms with Crippen LogP contribution in [0.1, 0.15) is 44.6 Å². The molecule has 1 aliphatic carbocycles. The second-order valence-electron chi connectivity index (χ2n) is 5.19. The van der Waals surface area contributed by atoms with Gasteiger partial charge in [-0.25, -0.2) is 0 Å². The van der Waals surface area contributed by atoms with Crippen molar-refractivity contribution in [1.82, 2.24) is 5.32 Å². The van der Waals surface area contributed by atoms with Crippen LogP contribution < -0.4 is 5.32 Å². The molecule has 1 aromatic rings. The minimum absolute atomic E-state index is 0.206. The van der Waals surface area contributed by atoms with E-state index < -0.39 is 5.97 Å². The summed E-state index contributed by atoms with van der Waals surface area (Å²) >= 11 is 0. The van der Waals surface area contributed by atoms with Gasteiger partial charge in [0.2, 0.25) is 5.91 Å². The molecule has 0 heterocycles. The summed E-state index contributed by atoms with van der Waals surface area (Å²) in [6.45, 7) is 2.04. The number of carbonyl (C=O) groups is 2. The van der Waals surface area contributed by atoms with E-state index in [2.05, 4.69) is 5.32 Å². The summed E-state index contributed by atoms with van der Waals surface area (Å²) in [6.07, 6.45) is 3.82. The van der Waals surface area contributed by atoms with Crippen LogP contribution in [0.2, 0.25) is 0 Å². The minimum atomic E-state index is -0.466. The maximum Gasteiger partial charge on any atom is 0.315 e. The Bertz CT molecular complexity index is 464. The molecule has 1 N–H and O–H groups in total. The van der Waals surface area contributed by atoms with Gasteiger partial charge in [0, 0.05) is 0 Å². The van der Waals surface area contributed by atoms with Gasteiger partial charge in [-0.15, -0.1) is 0 Å². The van der Waals surface area contributed by atoms with Crippen LogP contribution in [0.5, 0.6) is 0 Å². The zero-order valence-corrected chi connectivity index (χ0v) is 11.9. The van der Waals surface area contributed by atoms with Crippen LogP contribution in [-0.4, -0.2) is 18.5 Å². The lowest BCUT2D eigenvalue weighted by atomic mass is 9.88. The first-order valence-corrected chi connectivity index (χ1v) is 7.18. The van der Waals surface area contributed by atoms with E-state index >= 15 is 0 Å². The number of ether oxygens (including phenoxy) is 1. The third-order valence-corrected chi connectivity index (χ3v) is 3.77. The molecule has 1 amide bonds. The average molecular weight is 275 g/mol. The summed E-state index contributed by atoms with van der Waals surface area (Å²) < 4.78 is 4.82. The molecule has 0 bridgehead atoms. The smallest absolute Gasteiger partial charge is 0.315 e. The van der Waals surface area contributed by atoms with E-state index in [9.17, 15) is 9.59 Å². The predicted octanol–water partition coefficient (Wildman–Crippen LogP) is 2.53. The zero-order valence-electron chi connectivity index (χ0n) is 11.9. The summed E-state index contributed by atoms with van der Waals surface area (Å²) in [5.74, 6) is -0.722. The van der Waals surface area contributed by atoms with Crippen LogP contribution in [0.4, 0.5) is 0 Å². The fourth-order valence-corrected chi connectivity index (χ4v) is 2.88. The highest BCUT2D eigenvalue weighted by Gasteiger charge is 2.37. The molecule has 20 heavy (non-hydrogen) atoms. The van der Waals surface area contributed by atoms with Crippen molar-refractivity contribution in [3.05, 3.63) is 35.9 Å². The van der Waals surface area contributed by atoms with Crippen molar-refractivity contribution < 1.29 is 14.3 Å². The van der Waals surface area contributed by atoms with Crippen molar-refractivity contribution in [2.75, 3.05) is 6.61 Å². The second-order valence-corrected chi connectivity index (χ2v) is 5.19. The van der Waals surface area contributed by atoms with Crippen LogP contribution in [0.25, 0.3) is 0 Å². The summed E-state index contributed by atoms with van der Waals surface area (Å²) in [6, 6.07) is 10.00. The third-order valence-electron chi connectivity index (χ3n) is 3.77. The van der Waals surface area contributed by atoms with E-state index in [0.29, 0.717) is 6.61 Å². The summed E-state index contributed by atoms with van der Waals surface area (Å²) in [5.41, 5.74) is 0.805. The second kappa shape index (κ2) is 6.55. The van der Waals surface area contributed by atoms with Gasteiger partial charge >= 0.3 is 5.97 Å². The van der Waals surface area contributed by atoms with Crippen LogP contribution in [-0.2, 0) is 19.9 Å². The van der Waals surface area contributed by atoms with Gasteiger partial charge in [0.05, 0.1) is 12.1 Å². The molecule has 1 fully saturated rings. The van der Waals surface area contributed by atoms with E-state index in [1.165, 1.54) is 0 Å². The molecule has 1 saturated carbocycles. The molecule has 4 nitrogen and oxygen atoms in total. The number of hydrogen-bond acceptors (Lipinski definition) is 3. The normalized spacial score (nSPS) is 16.6. The Balaban J connectivity index is 2.07. The quantitative estimate of drug-likeness (QED) is 0.663. The molecular formula is C16H21NO3. The number of hydrogen-bond donors (Lipinski definition) is 1. The van der Waals surface area contributed by atoms with Gasteiger partial charge in [-0.1, -0.05) is 43.2 Å². The summed E-state index contributed by atoms with van der Waals surface area (Å²) in [5, 5.41) is 3.06. The first-order chi connectivity index (χ1) is 9.66. The van der Waals surface area contributed by atoms with Gasteiger partial charge in [-0.3, -0.25) is 9.59 Å². The molecule has 108 valence electrons. The van der Waals surface area contributed by atoms with Crippen LogP contribution in [0, 0.1) is 0 Å². The summed E-state index contributed by atoms with van der Waals surface area (Å²) in [4.78, 5) is 23.4. The zero-order chi connectivity index (χ0) is 14.4. The lowest BCUT2D eigenvalue weighted by Gasteiger charge is -2.31. The highest BCUT2D eigenvalue weighted by Crippen LogP contribution is 2.38. The van der Waals surface area contributed by atoms with Gasteiger partial charge in [0.25, 0.3) is 0 Å². The van der Waals surface area contributed by atoms with Crippen LogP contribution in [0.15, 0.2) is 30.3 Å². The molecule has 0 aliphatic heterocycles. The molecule has 2 rings (SSSR count). The number of amides is 1. The number of esters is 1. The Kier molecular flexibility index (Phi) is 4.77. The molecule has 0 aromatic heterocycles. The minimum Gasteiger partial charge on any atom is -0.466 e. The lowest BCUT2D eigenvalue weighted by molar-refractivity contribution is -0.146. The van der Waals surface area contributed by atoms with Gasteiger partial charge in [0.1, 0.15) is 6.42 Å². The lowest BCUT2D eigenvalue weighted by Crippen LogP contribution is -2.44. The highest BCUT2D eigenvalue weighted by atomic mass is 16.5. The Morgan fingerprint density at radius 3 is 2.45 bits per heavy atom. The molecule has 0 unspecified atom stereocenters. The molecule has 0 saturated heterocycles. The van der Waals surface area contributed by atoms with E-state index in [4.69, 9.17) is 4.74 Å². The fraction of sp³-hybridized carbons (Fsp3) is 0.500. The molecule has 1 aromatic carbocycles. The Labute approximate surface area is 119 Å². The third kappa shape index (κ3) is 3.38. The van der Waals surface area contributed by atoms with E-state index in [-0.39, 0.29) is 17.9 Å². The number of rotatable bonds is 5. The van der Waals surface area contributed by atoms with Crippen LogP contribution in [0.3, 0.4) is 0 Å². The van der Waals surface area contributed by atoms with Crippen molar-refractivity contribution in [2.45, 2.75) is 44.6 Å². The molecule has 4 heteroatoms. The Morgan fingerprint density at radius 2 is 1.85 bits per heavy atom. The number of benzene rings is 1. The largest absolute Gasteiger partial charge is 0.466 e. The molecule has 0 atom stereocenters. The fourth-order valence-electron chi connectivity index (χ4n) is 2.88. The van der Waals surface area contributed by atoms with E-state index in [1.54, 1.807) is 6.92 Å². The van der Waals surface area contributed by atoms with Crippen molar-refractivity contribution in [3.8, 4) is 0 Å². The SMILES string of the molecule is CCOC(=O)CC(=O)NC1(c2ccccc2)CCCC1. The van der Waals surface area contributed by atoms with Gasteiger partial charge in [-0.05, 0) is 25.3 Å². The first-order valence-electron chi connectivity index (χ1n) is 7.18. The van der Waals surface area contributed by atoms with Crippen molar-refractivity contribution in [2.24, 2.45) is 0 Å². The van der Waals surface area contributed by atoms with Gasteiger partial charge in [-0.2, -0.15) is 0 Å². The van der Waals surface area contributed by atoms with E-state index in [0.717, 1.165) is 31.2 Å². The predicted molar refractivity (Wildman–Crippen MR) is 76.0 cm³/mol. The Hall–Kier alpha value is -1.84. The van der Waals surface area contributed by atoms with Gasteiger partial charge < -0.3 is 10.1 Å². The average Bonchev–Trinajstić information content (AvgIpc) is 2.89. The van der Waals surface area contributed by atoms with E-state index in [1.807, 2.05) is 30.3 Å². The highest BCUT2D eigenvalue weighted by molar-refractivity contribution is 5.94. The summed E-state index contributed by atoms with van der Waals surface area (Å²) in [7, 11) is 0. The molecular weight excluding hydrogens is 254 g/mol. The molecule has 0 spiro atoms. The number of carbonyl (C=O) groups excluding carboxylic acids is 2. The monoisotopic (exact) mass is 275 g/mol. The topological polar surface area (TPSA) is 55.4 Å². The molecule has 1 aliphatic rings. The Morgan fingerprint density at radius 1 is 1.20 bits per heavy atom. The first kappa shape index (κ1) is 14.6. The number of nitrogens with one attached hydrogen (secondary N) is 1. The van der Waals surface area contributed by atoms with Crippen molar-refractivity contribution in [3.63, 3.8) is 0 Å². The maximum atomic E-state index is 12.1. The standard InChI is InChI=1S/C16H21NO3/c1-2-20-15(19)12-14(18)17-16(10-6-7-11-16)13-8-4-3-5-9-13/h3-5,8-9H,2,6-7,10-12H2,1H3,(H,17,18). The van der Waals surface area contributed by atoms with Crippen LogP contribution >= 0.6 is 0 Å². The van der Waals surface area contributed by atoms with Gasteiger partial charge in [0.15, 0.2) is 0 Å². The van der Waals surface area contributed by atoms with Crippen molar-refractivity contribution in [1.29, 1.82) is 0 Å².